The Morgan fingerprint density at radius 1 is 1.31 bits per heavy atom. The molecule has 2 heterocycles. The minimum absolute atomic E-state index is 0.0412. The van der Waals surface area contributed by atoms with E-state index in [1.54, 1.807) is 11.0 Å². The third kappa shape index (κ3) is 5.36. The number of hydrogen-bond acceptors (Lipinski definition) is 9. The van der Waals surface area contributed by atoms with Crippen LogP contribution in [0.3, 0.4) is 0 Å². The Balaban J connectivity index is 1.58. The fraction of sp³-hybridized carbons (Fsp3) is 0.526. The lowest BCUT2D eigenvalue weighted by atomic mass is 10.1. The summed E-state index contributed by atoms with van der Waals surface area (Å²) < 4.78 is 15.8. The summed E-state index contributed by atoms with van der Waals surface area (Å²) in [6.45, 7) is 3.41. The summed E-state index contributed by atoms with van der Waals surface area (Å²) in [5.74, 6) is 0.146. The molecule has 1 atom stereocenters. The van der Waals surface area contributed by atoms with Crippen LogP contribution >= 0.6 is 0 Å². The highest BCUT2D eigenvalue weighted by Crippen LogP contribution is 2.29. The molecule has 4 N–H and O–H groups in total. The number of nitrogens with two attached hydrogens (primary N) is 2. The second kappa shape index (κ2) is 9.57. The number of morpholine rings is 1. The number of hydrogen-bond donors (Lipinski definition) is 2. The van der Waals surface area contributed by atoms with Gasteiger partial charge in [0.2, 0.25) is 5.91 Å². The highest BCUT2D eigenvalue weighted by molar-refractivity contribution is 5.87. The number of benzene rings is 1. The predicted octanol–water partition coefficient (Wildman–Crippen LogP) is -0.424. The van der Waals surface area contributed by atoms with Gasteiger partial charge in [-0.15, -0.1) is 0 Å². The maximum absolute atomic E-state index is 11.8. The molecule has 2 aliphatic heterocycles. The van der Waals surface area contributed by atoms with Crippen LogP contribution in [0.1, 0.15) is 12.0 Å². The van der Waals surface area contributed by atoms with Crippen molar-refractivity contribution in [3.05, 3.63) is 23.8 Å². The molecule has 158 valence electrons. The van der Waals surface area contributed by atoms with E-state index in [1.165, 1.54) is 7.11 Å². The number of amides is 1. The van der Waals surface area contributed by atoms with Gasteiger partial charge in [0, 0.05) is 32.1 Å². The van der Waals surface area contributed by atoms with Crippen molar-refractivity contribution < 1.29 is 23.8 Å². The minimum atomic E-state index is -0.379. The first-order valence-electron chi connectivity index (χ1n) is 9.50. The summed E-state index contributed by atoms with van der Waals surface area (Å²) in [6, 6.07) is 5.14. The molecule has 0 bridgehead atoms. The van der Waals surface area contributed by atoms with Gasteiger partial charge < -0.3 is 30.6 Å². The number of guanidine groups is 1. The van der Waals surface area contributed by atoms with Crippen LogP contribution in [0.15, 0.2) is 23.2 Å². The van der Waals surface area contributed by atoms with E-state index >= 15 is 0 Å². The summed E-state index contributed by atoms with van der Waals surface area (Å²) in [5.41, 5.74) is 13.2. The molecule has 1 unspecified atom stereocenters. The Hall–Kier alpha value is -2.85. The van der Waals surface area contributed by atoms with Gasteiger partial charge in [0.15, 0.2) is 5.96 Å². The van der Waals surface area contributed by atoms with Crippen LogP contribution in [0.2, 0.25) is 0 Å². The van der Waals surface area contributed by atoms with Crippen molar-refractivity contribution in [2.24, 2.45) is 16.5 Å². The number of methoxy groups -OCH3 is 1. The zero-order chi connectivity index (χ0) is 20.8. The fourth-order valence-corrected chi connectivity index (χ4v) is 3.39. The smallest absolute Gasteiger partial charge is 0.325 e. The number of rotatable bonds is 8. The number of aliphatic imine (C=N–C) groups is 1. The standard InChI is InChI=1S/C19H27N5O5/c1-27-17(25)12-24-11-13-2-3-14(10-15(13)22-19(24)21)29-7-4-16(18(20)26)23-5-8-28-9-6-23/h2-3,10,16H,4-9,11-12H2,1H3,(H2,20,26)(H2,21,22). The van der Waals surface area contributed by atoms with Crippen molar-refractivity contribution in [1.29, 1.82) is 0 Å². The highest BCUT2D eigenvalue weighted by Gasteiger charge is 2.25. The van der Waals surface area contributed by atoms with E-state index in [2.05, 4.69) is 9.73 Å². The van der Waals surface area contributed by atoms with Gasteiger partial charge >= 0.3 is 5.97 Å². The maximum Gasteiger partial charge on any atom is 0.325 e. The number of primary amides is 1. The first-order chi connectivity index (χ1) is 14.0. The molecular formula is C19H27N5O5. The van der Waals surface area contributed by atoms with Gasteiger partial charge in [0.05, 0.1) is 38.7 Å². The average Bonchev–Trinajstić information content (AvgIpc) is 2.72. The largest absolute Gasteiger partial charge is 0.493 e. The van der Waals surface area contributed by atoms with E-state index in [1.807, 2.05) is 17.0 Å². The molecule has 1 fully saturated rings. The Labute approximate surface area is 169 Å². The first-order valence-corrected chi connectivity index (χ1v) is 9.50. The van der Waals surface area contributed by atoms with Gasteiger partial charge in [-0.1, -0.05) is 6.07 Å². The molecule has 29 heavy (non-hydrogen) atoms. The molecule has 1 aromatic rings. The normalized spacial score (nSPS) is 17.8. The lowest BCUT2D eigenvalue weighted by Crippen LogP contribution is -2.50. The van der Waals surface area contributed by atoms with Gasteiger partial charge in [0.25, 0.3) is 0 Å². The summed E-state index contributed by atoms with van der Waals surface area (Å²) >= 11 is 0. The molecule has 10 heteroatoms. The number of fused-ring (bicyclic) bond motifs is 1. The molecule has 0 spiro atoms. The number of esters is 1. The van der Waals surface area contributed by atoms with Gasteiger partial charge in [-0.2, -0.15) is 0 Å². The topological polar surface area (TPSA) is 133 Å². The number of ether oxygens (including phenoxy) is 3. The SMILES string of the molecule is COC(=O)CN1Cc2ccc(OCCC(C(N)=O)N3CCOCC3)cc2N=C1N. The second-order valence-electron chi connectivity index (χ2n) is 6.90. The van der Waals surface area contributed by atoms with Crippen molar-refractivity contribution in [2.75, 3.05) is 46.6 Å². The molecule has 3 rings (SSSR count). The number of carbonyl (C=O) groups is 2. The Morgan fingerprint density at radius 2 is 2.07 bits per heavy atom. The van der Waals surface area contributed by atoms with Crippen LogP contribution in [0.25, 0.3) is 0 Å². The molecule has 0 aromatic heterocycles. The summed E-state index contributed by atoms with van der Waals surface area (Å²) in [6.07, 6.45) is 0.491. The quantitative estimate of drug-likeness (QED) is 0.557. The molecule has 10 nitrogen and oxygen atoms in total. The third-order valence-electron chi connectivity index (χ3n) is 5.00. The molecule has 0 saturated carbocycles. The van der Waals surface area contributed by atoms with Crippen molar-refractivity contribution in [3.8, 4) is 5.75 Å². The average molecular weight is 405 g/mol. The molecule has 1 aromatic carbocycles. The Morgan fingerprint density at radius 3 is 2.76 bits per heavy atom. The van der Waals surface area contributed by atoms with E-state index in [9.17, 15) is 9.59 Å². The van der Waals surface area contributed by atoms with E-state index in [0.29, 0.717) is 57.3 Å². The van der Waals surface area contributed by atoms with Crippen LogP contribution in [0.5, 0.6) is 5.75 Å². The summed E-state index contributed by atoms with van der Waals surface area (Å²) in [5, 5.41) is 0. The molecule has 0 aliphatic carbocycles. The van der Waals surface area contributed by atoms with Crippen LogP contribution in [-0.4, -0.2) is 80.2 Å². The molecule has 0 radical (unpaired) electrons. The van der Waals surface area contributed by atoms with Gasteiger partial charge in [-0.3, -0.25) is 14.5 Å². The third-order valence-corrected chi connectivity index (χ3v) is 5.00. The van der Waals surface area contributed by atoms with Gasteiger partial charge in [-0.25, -0.2) is 4.99 Å². The van der Waals surface area contributed by atoms with Crippen molar-refractivity contribution in [1.82, 2.24) is 9.80 Å². The predicted molar refractivity (Wildman–Crippen MR) is 106 cm³/mol. The first kappa shape index (κ1) is 20.9. The lowest BCUT2D eigenvalue weighted by molar-refractivity contribution is -0.141. The number of carbonyl (C=O) groups excluding carboxylic acids is 2. The maximum atomic E-state index is 11.8. The fourth-order valence-electron chi connectivity index (χ4n) is 3.39. The minimum Gasteiger partial charge on any atom is -0.493 e. The van der Waals surface area contributed by atoms with Crippen LogP contribution < -0.4 is 16.2 Å². The molecular weight excluding hydrogens is 378 g/mol. The van der Waals surface area contributed by atoms with Crippen LogP contribution in [-0.2, 0) is 25.6 Å². The zero-order valence-electron chi connectivity index (χ0n) is 16.5. The molecule has 1 saturated heterocycles. The van der Waals surface area contributed by atoms with E-state index < -0.39 is 0 Å². The Bertz CT molecular complexity index is 778. The molecule has 2 aliphatic rings. The summed E-state index contributed by atoms with van der Waals surface area (Å²) in [7, 11) is 1.33. The van der Waals surface area contributed by atoms with Crippen LogP contribution in [0, 0.1) is 0 Å². The monoisotopic (exact) mass is 405 g/mol. The Kier molecular flexibility index (Phi) is 6.89. The van der Waals surface area contributed by atoms with E-state index in [4.69, 9.17) is 20.9 Å². The van der Waals surface area contributed by atoms with E-state index in [-0.39, 0.29) is 30.4 Å². The highest BCUT2D eigenvalue weighted by atomic mass is 16.5. The second-order valence-corrected chi connectivity index (χ2v) is 6.90. The van der Waals surface area contributed by atoms with Gasteiger partial charge in [0.1, 0.15) is 12.3 Å². The van der Waals surface area contributed by atoms with Crippen molar-refractivity contribution in [3.63, 3.8) is 0 Å². The van der Waals surface area contributed by atoms with Crippen molar-refractivity contribution in [2.45, 2.75) is 19.0 Å². The van der Waals surface area contributed by atoms with Gasteiger partial charge in [-0.05, 0) is 11.6 Å². The lowest BCUT2D eigenvalue weighted by Gasteiger charge is -2.32. The van der Waals surface area contributed by atoms with Crippen LogP contribution in [0.4, 0.5) is 5.69 Å². The van der Waals surface area contributed by atoms with Crippen molar-refractivity contribution >= 4 is 23.5 Å². The molecule has 1 amide bonds. The zero-order valence-corrected chi connectivity index (χ0v) is 16.5. The summed E-state index contributed by atoms with van der Waals surface area (Å²) in [4.78, 5) is 31.3. The number of nitrogens with zero attached hydrogens (tertiary/aromatic N) is 3. The van der Waals surface area contributed by atoms with E-state index in [0.717, 1.165) is 5.56 Å².